The zero-order valence-electron chi connectivity index (χ0n) is 10.3. The molecule has 0 aliphatic heterocycles. The van der Waals surface area contributed by atoms with E-state index in [0.29, 0.717) is 18.0 Å². The van der Waals surface area contributed by atoms with Crippen LogP contribution in [-0.4, -0.2) is 16.9 Å². The van der Waals surface area contributed by atoms with E-state index in [1.807, 2.05) is 25.2 Å². The average Bonchev–Trinajstić information content (AvgIpc) is 2.77. The monoisotopic (exact) mass is 242 g/mol. The minimum atomic E-state index is 0.659. The number of aromatic nitrogens is 2. The summed E-state index contributed by atoms with van der Waals surface area (Å²) in [4.78, 5) is 0. The lowest BCUT2D eigenvalue weighted by Gasteiger charge is -2.02. The molecular weight excluding hydrogens is 228 g/mol. The van der Waals surface area contributed by atoms with Crippen LogP contribution < -0.4 is 10.1 Å². The van der Waals surface area contributed by atoms with Crippen LogP contribution >= 0.6 is 0 Å². The molecule has 5 nitrogen and oxygen atoms in total. The highest BCUT2D eigenvalue weighted by atomic mass is 16.5. The maximum Gasteiger partial charge on any atom is 0.213 e. The van der Waals surface area contributed by atoms with Gasteiger partial charge in [-0.2, -0.15) is 10.4 Å². The van der Waals surface area contributed by atoms with Crippen LogP contribution in [0.1, 0.15) is 11.1 Å². The van der Waals surface area contributed by atoms with Gasteiger partial charge in [-0.25, -0.2) is 4.68 Å². The van der Waals surface area contributed by atoms with E-state index in [9.17, 15) is 0 Å². The fraction of sp³-hybridized carbons (Fsp3) is 0.231. The zero-order valence-corrected chi connectivity index (χ0v) is 10.3. The molecule has 1 aromatic heterocycles. The van der Waals surface area contributed by atoms with Gasteiger partial charge >= 0.3 is 0 Å². The van der Waals surface area contributed by atoms with Crippen molar-refractivity contribution >= 4 is 5.82 Å². The molecule has 0 bridgehead atoms. The summed E-state index contributed by atoms with van der Waals surface area (Å²) in [6, 6.07) is 11.4. The van der Waals surface area contributed by atoms with Crippen LogP contribution in [0.2, 0.25) is 0 Å². The van der Waals surface area contributed by atoms with Crippen molar-refractivity contribution in [2.75, 3.05) is 12.4 Å². The normalized spacial score (nSPS) is 9.83. The highest BCUT2D eigenvalue weighted by Crippen LogP contribution is 2.16. The van der Waals surface area contributed by atoms with E-state index < -0.39 is 0 Å². The fourth-order valence-corrected chi connectivity index (χ4v) is 1.62. The number of hydrogen-bond acceptors (Lipinski definition) is 4. The number of nitriles is 1. The maximum absolute atomic E-state index is 8.70. The van der Waals surface area contributed by atoms with Gasteiger partial charge in [0, 0.05) is 19.7 Å². The summed E-state index contributed by atoms with van der Waals surface area (Å²) in [7, 11) is 3.44. The van der Waals surface area contributed by atoms with Gasteiger partial charge in [-0.1, -0.05) is 12.1 Å². The van der Waals surface area contributed by atoms with Gasteiger partial charge < -0.3 is 10.1 Å². The molecule has 18 heavy (non-hydrogen) atoms. The van der Waals surface area contributed by atoms with Gasteiger partial charge in [-0.15, -0.1) is 0 Å². The first kappa shape index (κ1) is 12.0. The van der Waals surface area contributed by atoms with Crippen LogP contribution in [0.5, 0.6) is 5.88 Å². The number of rotatable bonds is 4. The Hall–Kier alpha value is -2.48. The average molecular weight is 242 g/mol. The summed E-state index contributed by atoms with van der Waals surface area (Å²) in [5.41, 5.74) is 1.76. The Morgan fingerprint density at radius 2 is 2.11 bits per heavy atom. The van der Waals surface area contributed by atoms with Crippen LogP contribution in [-0.2, 0) is 13.6 Å². The SMILES string of the molecule is COc1cc(NCc2ccc(C#N)cc2)nn1C. The molecule has 0 spiro atoms. The molecule has 2 aromatic rings. The van der Waals surface area contributed by atoms with Crippen molar-refractivity contribution in [1.29, 1.82) is 5.26 Å². The molecule has 0 saturated carbocycles. The predicted molar refractivity (Wildman–Crippen MR) is 68.2 cm³/mol. The van der Waals surface area contributed by atoms with Crippen LogP contribution in [0.15, 0.2) is 30.3 Å². The molecule has 0 radical (unpaired) electrons. The number of nitrogens with one attached hydrogen (secondary N) is 1. The molecule has 2 rings (SSSR count). The molecule has 0 amide bonds. The van der Waals surface area contributed by atoms with E-state index >= 15 is 0 Å². The van der Waals surface area contributed by atoms with E-state index in [0.717, 1.165) is 11.4 Å². The number of ether oxygens (including phenoxy) is 1. The molecule has 5 heteroatoms. The number of anilines is 1. The minimum Gasteiger partial charge on any atom is -0.481 e. The van der Waals surface area contributed by atoms with Crippen molar-refractivity contribution in [3.05, 3.63) is 41.5 Å². The number of nitrogens with zero attached hydrogens (tertiary/aromatic N) is 3. The van der Waals surface area contributed by atoms with Gasteiger partial charge in [0.2, 0.25) is 5.88 Å². The quantitative estimate of drug-likeness (QED) is 0.889. The molecule has 0 atom stereocenters. The van der Waals surface area contributed by atoms with E-state index in [4.69, 9.17) is 10.00 Å². The number of hydrogen-bond donors (Lipinski definition) is 1. The summed E-state index contributed by atoms with van der Waals surface area (Å²) in [6.45, 7) is 0.659. The first-order valence-electron chi connectivity index (χ1n) is 5.54. The minimum absolute atomic E-state index is 0.659. The fourth-order valence-electron chi connectivity index (χ4n) is 1.62. The molecule has 92 valence electrons. The lowest BCUT2D eigenvalue weighted by atomic mass is 10.1. The van der Waals surface area contributed by atoms with Crippen LogP contribution in [0, 0.1) is 11.3 Å². The Kier molecular flexibility index (Phi) is 3.49. The molecule has 1 heterocycles. The second kappa shape index (κ2) is 5.23. The Morgan fingerprint density at radius 1 is 1.39 bits per heavy atom. The molecule has 0 aliphatic carbocycles. The van der Waals surface area contributed by atoms with E-state index in [2.05, 4.69) is 16.5 Å². The molecule has 1 aromatic carbocycles. The van der Waals surface area contributed by atoms with Crippen molar-refractivity contribution in [1.82, 2.24) is 9.78 Å². The first-order valence-corrected chi connectivity index (χ1v) is 5.54. The topological polar surface area (TPSA) is 62.9 Å². The lowest BCUT2D eigenvalue weighted by molar-refractivity contribution is 0.373. The largest absolute Gasteiger partial charge is 0.481 e. The Bertz CT molecular complexity index is 566. The smallest absolute Gasteiger partial charge is 0.213 e. The van der Waals surface area contributed by atoms with Crippen LogP contribution in [0.25, 0.3) is 0 Å². The van der Waals surface area contributed by atoms with Gasteiger partial charge in [0.25, 0.3) is 0 Å². The molecule has 0 aliphatic rings. The number of methoxy groups -OCH3 is 1. The predicted octanol–water partition coefficient (Wildman–Crippen LogP) is 1.91. The summed E-state index contributed by atoms with van der Waals surface area (Å²) >= 11 is 0. The number of aryl methyl sites for hydroxylation is 1. The third-order valence-corrected chi connectivity index (χ3v) is 2.60. The molecular formula is C13H14N4O. The second-order valence-corrected chi connectivity index (χ2v) is 3.86. The maximum atomic E-state index is 8.70. The summed E-state index contributed by atoms with van der Waals surface area (Å²) in [5.74, 6) is 1.47. The molecule has 0 unspecified atom stereocenters. The van der Waals surface area contributed by atoms with Gasteiger partial charge in [0.1, 0.15) is 0 Å². The first-order chi connectivity index (χ1) is 8.72. The Labute approximate surface area is 106 Å². The number of benzene rings is 1. The van der Waals surface area contributed by atoms with E-state index in [-0.39, 0.29) is 0 Å². The van der Waals surface area contributed by atoms with Crippen molar-refractivity contribution in [3.63, 3.8) is 0 Å². The van der Waals surface area contributed by atoms with Crippen LogP contribution in [0.3, 0.4) is 0 Å². The third-order valence-electron chi connectivity index (χ3n) is 2.60. The van der Waals surface area contributed by atoms with Crippen molar-refractivity contribution in [2.24, 2.45) is 7.05 Å². The highest BCUT2D eigenvalue weighted by Gasteiger charge is 2.04. The van der Waals surface area contributed by atoms with Gasteiger partial charge in [-0.05, 0) is 17.7 Å². The van der Waals surface area contributed by atoms with Crippen molar-refractivity contribution in [3.8, 4) is 11.9 Å². The lowest BCUT2D eigenvalue weighted by Crippen LogP contribution is -2.01. The zero-order chi connectivity index (χ0) is 13.0. The van der Waals surface area contributed by atoms with Crippen LogP contribution in [0.4, 0.5) is 5.82 Å². The summed E-state index contributed by atoms with van der Waals surface area (Å²) < 4.78 is 6.80. The van der Waals surface area contributed by atoms with Gasteiger partial charge in [0.05, 0.1) is 18.7 Å². The molecule has 0 saturated heterocycles. The highest BCUT2D eigenvalue weighted by molar-refractivity contribution is 5.40. The van der Waals surface area contributed by atoms with E-state index in [1.165, 1.54) is 0 Å². The second-order valence-electron chi connectivity index (χ2n) is 3.86. The van der Waals surface area contributed by atoms with Gasteiger partial charge in [0.15, 0.2) is 5.82 Å². The Morgan fingerprint density at radius 3 is 2.67 bits per heavy atom. The molecule has 0 fully saturated rings. The summed E-state index contributed by atoms with van der Waals surface area (Å²) in [5, 5.41) is 16.2. The van der Waals surface area contributed by atoms with Gasteiger partial charge in [-0.3, -0.25) is 0 Å². The summed E-state index contributed by atoms with van der Waals surface area (Å²) in [6.07, 6.45) is 0. The Balaban J connectivity index is 2.00. The molecule has 1 N–H and O–H groups in total. The third kappa shape index (κ3) is 2.61. The van der Waals surface area contributed by atoms with Crippen molar-refractivity contribution < 1.29 is 4.74 Å². The standard InChI is InChI=1S/C13H14N4O/c1-17-13(18-2)7-12(16-17)15-9-11-5-3-10(8-14)4-6-11/h3-7H,9H2,1-2H3,(H,15,16). The van der Waals surface area contributed by atoms with Crippen molar-refractivity contribution in [2.45, 2.75) is 6.54 Å². The van der Waals surface area contributed by atoms with E-state index in [1.54, 1.807) is 23.9 Å².